The summed E-state index contributed by atoms with van der Waals surface area (Å²) in [5.74, 6) is -0.455. The van der Waals surface area contributed by atoms with Crippen molar-refractivity contribution >= 4 is 17.8 Å². The molecule has 0 saturated carbocycles. The molecule has 0 amide bonds. The molecule has 18 heavy (non-hydrogen) atoms. The van der Waals surface area contributed by atoms with Gasteiger partial charge in [-0.05, 0) is 6.92 Å². The highest BCUT2D eigenvalue weighted by Crippen LogP contribution is 2.10. The lowest BCUT2D eigenvalue weighted by Crippen LogP contribution is -2.36. The molecule has 1 heterocycles. The van der Waals surface area contributed by atoms with Crippen molar-refractivity contribution in [3.05, 3.63) is 18.1 Å². The molecule has 7 nitrogen and oxygen atoms in total. The van der Waals surface area contributed by atoms with E-state index in [0.717, 1.165) is 5.69 Å². The first-order chi connectivity index (χ1) is 8.56. The topological polar surface area (TPSA) is 81.6 Å². The first-order valence-electron chi connectivity index (χ1n) is 5.24. The summed E-state index contributed by atoms with van der Waals surface area (Å²) in [5, 5.41) is 0. The molecule has 0 aliphatic rings. The quantitative estimate of drug-likeness (QED) is 0.680. The van der Waals surface area contributed by atoms with Crippen molar-refractivity contribution in [2.75, 3.05) is 32.2 Å². The Morgan fingerprint density at radius 2 is 1.72 bits per heavy atom. The van der Waals surface area contributed by atoms with Gasteiger partial charge in [-0.25, -0.2) is 9.97 Å². The van der Waals surface area contributed by atoms with E-state index in [1.807, 2.05) is 0 Å². The first-order valence-corrected chi connectivity index (χ1v) is 5.24. The standard InChI is InChI=1S/C11H15N3O4/c1-8-4-9(13-7-12-8)14(5-10(15)17-2)6-11(16)18-3/h4,7H,5-6H2,1-3H3. The molecule has 0 N–H and O–H groups in total. The average Bonchev–Trinajstić information content (AvgIpc) is 2.37. The van der Waals surface area contributed by atoms with Crippen LogP contribution in [-0.4, -0.2) is 49.2 Å². The Kier molecular flexibility index (Phi) is 5.04. The second-order valence-corrected chi connectivity index (χ2v) is 3.53. The number of carbonyl (C=O) groups is 2. The molecule has 0 atom stereocenters. The summed E-state index contributed by atoms with van der Waals surface area (Å²) in [7, 11) is 2.56. The molecule has 0 aliphatic heterocycles. The zero-order valence-corrected chi connectivity index (χ0v) is 10.5. The predicted molar refractivity (Wildman–Crippen MR) is 63.0 cm³/mol. The van der Waals surface area contributed by atoms with Crippen molar-refractivity contribution < 1.29 is 19.1 Å². The smallest absolute Gasteiger partial charge is 0.325 e. The van der Waals surface area contributed by atoms with Crippen LogP contribution in [0.4, 0.5) is 5.82 Å². The summed E-state index contributed by atoms with van der Waals surface area (Å²) in [5.41, 5.74) is 0.736. The number of rotatable bonds is 5. The van der Waals surface area contributed by atoms with E-state index in [0.29, 0.717) is 5.82 Å². The van der Waals surface area contributed by atoms with Gasteiger partial charge in [0, 0.05) is 11.8 Å². The Bertz CT molecular complexity index is 418. The molecule has 7 heteroatoms. The van der Waals surface area contributed by atoms with Crippen LogP contribution in [0.1, 0.15) is 5.69 Å². The molecule has 0 aliphatic carbocycles. The number of esters is 2. The third-order valence-corrected chi connectivity index (χ3v) is 2.21. The number of nitrogens with zero attached hydrogens (tertiary/aromatic N) is 3. The molecular formula is C11H15N3O4. The number of anilines is 1. The molecule has 0 fully saturated rings. The van der Waals surface area contributed by atoms with Gasteiger partial charge in [-0.2, -0.15) is 0 Å². The van der Waals surface area contributed by atoms with Crippen LogP contribution in [0.15, 0.2) is 12.4 Å². The van der Waals surface area contributed by atoms with E-state index in [4.69, 9.17) is 0 Å². The van der Waals surface area contributed by atoms with Crippen LogP contribution in [-0.2, 0) is 19.1 Å². The highest BCUT2D eigenvalue weighted by atomic mass is 16.5. The third kappa shape index (κ3) is 4.00. The lowest BCUT2D eigenvalue weighted by Gasteiger charge is -2.20. The van der Waals surface area contributed by atoms with Gasteiger partial charge >= 0.3 is 11.9 Å². The van der Waals surface area contributed by atoms with Gasteiger partial charge in [0.15, 0.2) is 0 Å². The predicted octanol–water partition coefficient (Wildman–Crippen LogP) is -0.0626. The van der Waals surface area contributed by atoms with Crippen LogP contribution in [0.25, 0.3) is 0 Å². The maximum Gasteiger partial charge on any atom is 0.325 e. The maximum atomic E-state index is 11.3. The van der Waals surface area contributed by atoms with Crippen LogP contribution in [0.2, 0.25) is 0 Å². The Morgan fingerprint density at radius 3 is 2.17 bits per heavy atom. The van der Waals surface area contributed by atoms with E-state index < -0.39 is 11.9 Å². The number of aromatic nitrogens is 2. The summed E-state index contributed by atoms with van der Waals surface area (Å²) in [4.78, 5) is 32.0. The minimum atomic E-state index is -0.463. The van der Waals surface area contributed by atoms with Gasteiger partial charge < -0.3 is 14.4 Å². The molecule has 0 aromatic carbocycles. The number of ether oxygens (including phenoxy) is 2. The van der Waals surface area contributed by atoms with E-state index >= 15 is 0 Å². The molecule has 0 saturated heterocycles. The summed E-state index contributed by atoms with van der Waals surface area (Å²) < 4.78 is 9.14. The number of aryl methyl sites for hydroxylation is 1. The number of hydrogen-bond acceptors (Lipinski definition) is 7. The highest BCUT2D eigenvalue weighted by Gasteiger charge is 2.17. The van der Waals surface area contributed by atoms with Crippen molar-refractivity contribution in [1.29, 1.82) is 0 Å². The zero-order chi connectivity index (χ0) is 13.5. The number of hydrogen-bond donors (Lipinski definition) is 0. The van der Waals surface area contributed by atoms with E-state index in [1.165, 1.54) is 25.4 Å². The van der Waals surface area contributed by atoms with Gasteiger partial charge in [0.1, 0.15) is 25.2 Å². The number of methoxy groups -OCH3 is 2. The monoisotopic (exact) mass is 253 g/mol. The molecule has 98 valence electrons. The molecular weight excluding hydrogens is 238 g/mol. The Hall–Kier alpha value is -2.18. The largest absolute Gasteiger partial charge is 0.468 e. The molecule has 1 aromatic heterocycles. The summed E-state index contributed by atoms with van der Waals surface area (Å²) in [6, 6.07) is 1.67. The lowest BCUT2D eigenvalue weighted by atomic mass is 10.3. The van der Waals surface area contributed by atoms with Crippen LogP contribution in [0, 0.1) is 6.92 Å². The minimum Gasteiger partial charge on any atom is -0.468 e. The van der Waals surface area contributed by atoms with Crippen LogP contribution < -0.4 is 4.90 Å². The SMILES string of the molecule is COC(=O)CN(CC(=O)OC)c1cc(C)ncn1. The molecule has 1 rings (SSSR count). The van der Waals surface area contributed by atoms with E-state index in [-0.39, 0.29) is 13.1 Å². The van der Waals surface area contributed by atoms with E-state index in [1.54, 1.807) is 13.0 Å². The first kappa shape index (κ1) is 13.9. The van der Waals surface area contributed by atoms with Crippen LogP contribution in [0.5, 0.6) is 0 Å². The normalized spacial score (nSPS) is 9.72. The summed E-state index contributed by atoms with van der Waals surface area (Å²) in [6.07, 6.45) is 1.37. The fourth-order valence-corrected chi connectivity index (χ4v) is 1.27. The molecule has 0 radical (unpaired) electrons. The van der Waals surface area contributed by atoms with Crippen molar-refractivity contribution in [3.63, 3.8) is 0 Å². The van der Waals surface area contributed by atoms with Crippen molar-refractivity contribution in [3.8, 4) is 0 Å². The fourth-order valence-electron chi connectivity index (χ4n) is 1.27. The second-order valence-electron chi connectivity index (χ2n) is 3.53. The zero-order valence-electron chi connectivity index (χ0n) is 10.5. The molecule has 1 aromatic rings. The molecule has 0 bridgehead atoms. The van der Waals surface area contributed by atoms with Gasteiger partial charge in [-0.1, -0.05) is 0 Å². The lowest BCUT2D eigenvalue weighted by molar-refractivity contribution is -0.140. The average molecular weight is 253 g/mol. The van der Waals surface area contributed by atoms with Gasteiger partial charge in [0.05, 0.1) is 14.2 Å². The molecule has 0 unspecified atom stereocenters. The van der Waals surface area contributed by atoms with Gasteiger partial charge in [0.2, 0.25) is 0 Å². The summed E-state index contributed by atoms with van der Waals surface area (Å²) in [6.45, 7) is 1.63. The van der Waals surface area contributed by atoms with Crippen molar-refractivity contribution in [2.45, 2.75) is 6.92 Å². The van der Waals surface area contributed by atoms with Crippen LogP contribution in [0.3, 0.4) is 0 Å². The van der Waals surface area contributed by atoms with Gasteiger partial charge in [-0.3, -0.25) is 9.59 Å². The Balaban J connectivity index is 2.88. The van der Waals surface area contributed by atoms with Gasteiger partial charge in [0.25, 0.3) is 0 Å². The fraction of sp³-hybridized carbons (Fsp3) is 0.455. The maximum absolute atomic E-state index is 11.3. The van der Waals surface area contributed by atoms with Crippen LogP contribution >= 0.6 is 0 Å². The van der Waals surface area contributed by atoms with Gasteiger partial charge in [-0.15, -0.1) is 0 Å². The number of carbonyl (C=O) groups excluding carboxylic acids is 2. The Morgan fingerprint density at radius 1 is 1.17 bits per heavy atom. The van der Waals surface area contributed by atoms with Crippen molar-refractivity contribution in [1.82, 2.24) is 9.97 Å². The minimum absolute atomic E-state index is 0.0813. The van der Waals surface area contributed by atoms with Crippen molar-refractivity contribution in [2.24, 2.45) is 0 Å². The highest BCUT2D eigenvalue weighted by molar-refractivity contribution is 5.80. The second kappa shape index (κ2) is 6.53. The Labute approximate surface area is 105 Å². The van der Waals surface area contributed by atoms with E-state index in [2.05, 4.69) is 19.4 Å². The third-order valence-electron chi connectivity index (χ3n) is 2.21. The summed E-state index contributed by atoms with van der Waals surface area (Å²) >= 11 is 0. The van der Waals surface area contributed by atoms with E-state index in [9.17, 15) is 9.59 Å². The molecule has 0 spiro atoms.